The van der Waals surface area contributed by atoms with E-state index in [1.807, 2.05) is 0 Å². The molecule has 2 rings (SSSR count). The van der Waals surface area contributed by atoms with Gasteiger partial charge in [-0.3, -0.25) is 0 Å². The molecule has 0 spiro atoms. The van der Waals surface area contributed by atoms with Crippen LogP contribution in [0.4, 0.5) is 5.82 Å². The predicted octanol–water partition coefficient (Wildman–Crippen LogP) is 4.27. The molecular formula is C17H29N3O. The third kappa shape index (κ3) is 4.58. The van der Waals surface area contributed by atoms with Gasteiger partial charge in [-0.05, 0) is 45.4 Å². The van der Waals surface area contributed by atoms with Crippen LogP contribution < -0.4 is 10.1 Å². The lowest BCUT2D eigenvalue weighted by Gasteiger charge is -2.24. The molecule has 0 radical (unpaired) electrons. The summed E-state index contributed by atoms with van der Waals surface area (Å²) >= 11 is 0. The molecule has 1 aliphatic rings. The van der Waals surface area contributed by atoms with E-state index in [1.54, 1.807) is 0 Å². The Labute approximate surface area is 128 Å². The number of hydrogen-bond acceptors (Lipinski definition) is 4. The maximum atomic E-state index is 6.20. The van der Waals surface area contributed by atoms with E-state index < -0.39 is 0 Å². The molecule has 0 saturated heterocycles. The summed E-state index contributed by atoms with van der Waals surface area (Å²) in [6.45, 7) is 7.32. The van der Waals surface area contributed by atoms with Gasteiger partial charge in [-0.2, -0.15) is 4.98 Å². The van der Waals surface area contributed by atoms with Gasteiger partial charge in [0.25, 0.3) is 0 Å². The number of aromatic nitrogens is 2. The third-order valence-corrected chi connectivity index (χ3v) is 3.99. The van der Waals surface area contributed by atoms with Crippen LogP contribution >= 0.6 is 0 Å². The Morgan fingerprint density at radius 1 is 1.10 bits per heavy atom. The molecular weight excluding hydrogens is 262 g/mol. The van der Waals surface area contributed by atoms with Gasteiger partial charge in [0.2, 0.25) is 5.88 Å². The molecule has 1 saturated carbocycles. The van der Waals surface area contributed by atoms with Crippen LogP contribution in [0.1, 0.15) is 70.2 Å². The minimum Gasteiger partial charge on any atom is -0.474 e. The Kier molecular flexibility index (Phi) is 6.27. The minimum atomic E-state index is 0.334. The molecule has 1 heterocycles. The first-order valence-corrected chi connectivity index (χ1v) is 8.52. The van der Waals surface area contributed by atoms with Crippen LogP contribution in [-0.4, -0.2) is 22.6 Å². The summed E-state index contributed by atoms with van der Waals surface area (Å²) in [7, 11) is 0. The Morgan fingerprint density at radius 2 is 1.86 bits per heavy atom. The molecule has 1 N–H and O–H groups in total. The third-order valence-electron chi connectivity index (χ3n) is 3.99. The van der Waals surface area contributed by atoms with Crippen molar-refractivity contribution in [3.8, 4) is 5.88 Å². The summed E-state index contributed by atoms with van der Waals surface area (Å²) in [6, 6.07) is 0. The molecule has 0 atom stereocenters. The fourth-order valence-corrected chi connectivity index (χ4v) is 2.75. The van der Waals surface area contributed by atoms with Crippen LogP contribution in [0, 0.1) is 6.92 Å². The summed E-state index contributed by atoms with van der Waals surface area (Å²) in [6.07, 6.45) is 9.59. The molecule has 21 heavy (non-hydrogen) atoms. The van der Waals surface area contributed by atoms with Crippen molar-refractivity contribution in [2.75, 3.05) is 11.9 Å². The average Bonchev–Trinajstić information content (AvgIpc) is 2.50. The first-order valence-electron chi connectivity index (χ1n) is 8.52. The van der Waals surface area contributed by atoms with Gasteiger partial charge in [0.1, 0.15) is 17.7 Å². The van der Waals surface area contributed by atoms with Crippen molar-refractivity contribution in [1.29, 1.82) is 0 Å². The van der Waals surface area contributed by atoms with E-state index >= 15 is 0 Å². The lowest BCUT2D eigenvalue weighted by Crippen LogP contribution is -2.21. The number of anilines is 1. The van der Waals surface area contributed by atoms with Crippen molar-refractivity contribution in [2.24, 2.45) is 0 Å². The topological polar surface area (TPSA) is 47.0 Å². The van der Waals surface area contributed by atoms with Gasteiger partial charge in [-0.15, -0.1) is 0 Å². The fourth-order valence-electron chi connectivity index (χ4n) is 2.75. The lowest BCUT2D eigenvalue weighted by molar-refractivity contribution is 0.147. The van der Waals surface area contributed by atoms with Crippen molar-refractivity contribution in [1.82, 2.24) is 9.97 Å². The van der Waals surface area contributed by atoms with Gasteiger partial charge >= 0.3 is 0 Å². The largest absolute Gasteiger partial charge is 0.474 e. The van der Waals surface area contributed by atoms with Crippen molar-refractivity contribution in [3.05, 3.63) is 11.4 Å². The molecule has 0 aromatic carbocycles. The van der Waals surface area contributed by atoms with E-state index in [-0.39, 0.29) is 0 Å². The zero-order valence-electron chi connectivity index (χ0n) is 13.7. The summed E-state index contributed by atoms with van der Waals surface area (Å²) in [5, 5.41) is 3.41. The molecule has 0 bridgehead atoms. The molecule has 1 aliphatic carbocycles. The first kappa shape index (κ1) is 16.1. The predicted molar refractivity (Wildman–Crippen MR) is 87.0 cm³/mol. The number of aryl methyl sites for hydroxylation is 1. The van der Waals surface area contributed by atoms with Crippen molar-refractivity contribution >= 4 is 5.82 Å². The Bertz CT molecular complexity index is 442. The highest BCUT2D eigenvalue weighted by atomic mass is 16.5. The Balaban J connectivity index is 2.17. The average molecular weight is 291 g/mol. The zero-order valence-corrected chi connectivity index (χ0v) is 13.7. The maximum Gasteiger partial charge on any atom is 0.222 e. The van der Waals surface area contributed by atoms with Crippen molar-refractivity contribution in [2.45, 2.75) is 78.2 Å². The van der Waals surface area contributed by atoms with E-state index in [0.717, 1.165) is 61.7 Å². The zero-order chi connectivity index (χ0) is 15.1. The molecule has 1 aromatic rings. The first-order chi connectivity index (χ1) is 10.2. The lowest BCUT2D eigenvalue weighted by atomic mass is 9.98. The van der Waals surface area contributed by atoms with Crippen molar-refractivity contribution in [3.63, 3.8) is 0 Å². The number of hydrogen-bond donors (Lipinski definition) is 1. The molecule has 4 heteroatoms. The van der Waals surface area contributed by atoms with Crippen LogP contribution in [0.25, 0.3) is 0 Å². The molecule has 1 fully saturated rings. The number of rotatable bonds is 7. The van der Waals surface area contributed by atoms with E-state index in [0.29, 0.717) is 6.10 Å². The Hall–Kier alpha value is -1.32. The summed E-state index contributed by atoms with van der Waals surface area (Å²) in [4.78, 5) is 9.30. The van der Waals surface area contributed by atoms with E-state index in [1.165, 1.54) is 19.3 Å². The monoisotopic (exact) mass is 291 g/mol. The highest BCUT2D eigenvalue weighted by Gasteiger charge is 2.19. The van der Waals surface area contributed by atoms with Gasteiger partial charge in [-0.1, -0.05) is 20.3 Å². The highest BCUT2D eigenvalue weighted by molar-refractivity contribution is 5.48. The molecule has 0 aliphatic heterocycles. The summed E-state index contributed by atoms with van der Waals surface area (Å²) in [5.41, 5.74) is 1.05. The SMILES string of the molecule is CCCNc1nc(CCC)nc(OC2CCCCC2)c1C. The van der Waals surface area contributed by atoms with Crippen LogP contribution in [0.15, 0.2) is 0 Å². The van der Waals surface area contributed by atoms with Gasteiger partial charge in [0.15, 0.2) is 0 Å². The number of nitrogens with one attached hydrogen (secondary N) is 1. The van der Waals surface area contributed by atoms with Crippen LogP contribution in [0.3, 0.4) is 0 Å². The quantitative estimate of drug-likeness (QED) is 0.815. The van der Waals surface area contributed by atoms with E-state index in [9.17, 15) is 0 Å². The molecule has 4 nitrogen and oxygen atoms in total. The van der Waals surface area contributed by atoms with E-state index in [2.05, 4.69) is 36.1 Å². The second kappa shape index (κ2) is 8.20. The minimum absolute atomic E-state index is 0.334. The highest BCUT2D eigenvalue weighted by Crippen LogP contribution is 2.27. The Morgan fingerprint density at radius 3 is 2.52 bits per heavy atom. The standard InChI is InChI=1S/C17H29N3O/c1-4-9-15-19-16(18-12-5-2)13(3)17(20-15)21-14-10-7-6-8-11-14/h14H,4-12H2,1-3H3,(H,18,19,20). The van der Waals surface area contributed by atoms with E-state index in [4.69, 9.17) is 4.74 Å². The number of ether oxygens (including phenoxy) is 1. The summed E-state index contributed by atoms with van der Waals surface area (Å²) in [5.74, 6) is 2.63. The second-order valence-electron chi connectivity index (χ2n) is 5.97. The van der Waals surface area contributed by atoms with Gasteiger partial charge < -0.3 is 10.1 Å². The molecule has 0 amide bonds. The maximum absolute atomic E-state index is 6.20. The van der Waals surface area contributed by atoms with Crippen LogP contribution in [-0.2, 0) is 6.42 Å². The molecule has 1 aromatic heterocycles. The van der Waals surface area contributed by atoms with Gasteiger partial charge in [0.05, 0.1) is 5.56 Å². The molecule has 118 valence electrons. The number of nitrogens with zero attached hydrogens (tertiary/aromatic N) is 2. The summed E-state index contributed by atoms with van der Waals surface area (Å²) < 4.78 is 6.20. The van der Waals surface area contributed by atoms with Crippen molar-refractivity contribution < 1.29 is 4.74 Å². The fraction of sp³-hybridized carbons (Fsp3) is 0.765. The normalized spacial score (nSPS) is 16.0. The van der Waals surface area contributed by atoms with Crippen LogP contribution in [0.2, 0.25) is 0 Å². The second-order valence-corrected chi connectivity index (χ2v) is 5.97. The van der Waals surface area contributed by atoms with Gasteiger partial charge in [0, 0.05) is 13.0 Å². The smallest absolute Gasteiger partial charge is 0.222 e. The van der Waals surface area contributed by atoms with Crippen LogP contribution in [0.5, 0.6) is 5.88 Å². The molecule has 0 unspecified atom stereocenters. The van der Waals surface area contributed by atoms with Gasteiger partial charge in [-0.25, -0.2) is 4.98 Å².